The van der Waals surface area contributed by atoms with Crippen molar-refractivity contribution in [1.29, 1.82) is 0 Å². The molecule has 0 spiro atoms. The third-order valence-electron chi connectivity index (χ3n) is 12.6. The van der Waals surface area contributed by atoms with Crippen LogP contribution in [-0.4, -0.2) is 117 Å². The van der Waals surface area contributed by atoms with Gasteiger partial charge in [0.1, 0.15) is 12.1 Å². The first-order valence-electron chi connectivity index (χ1n) is 27.6. The molecular formula is C60H106N4O6P2. The second-order valence-corrected chi connectivity index (χ2v) is 25.5. The van der Waals surface area contributed by atoms with E-state index < -0.39 is 36.0 Å². The van der Waals surface area contributed by atoms with Crippen LogP contribution < -0.4 is 10.6 Å². The number of allylic oxidation sites excluding steroid dienone is 13. The number of nitrogens with one attached hydrogen (secondary N) is 2. The van der Waals surface area contributed by atoms with E-state index in [-0.39, 0.29) is 51.6 Å². The van der Waals surface area contributed by atoms with Gasteiger partial charge in [-0.15, -0.1) is 0 Å². The van der Waals surface area contributed by atoms with Crippen LogP contribution in [0.2, 0.25) is 0 Å². The molecule has 0 aromatic heterocycles. The Hall–Kier alpha value is -2.52. The van der Waals surface area contributed by atoms with Gasteiger partial charge in [-0.3, -0.25) is 19.4 Å². The van der Waals surface area contributed by atoms with Gasteiger partial charge in [0.2, 0.25) is 11.8 Å². The smallest absolute Gasteiger partial charge is 0.243 e. The molecule has 0 aliphatic carbocycles. The van der Waals surface area contributed by atoms with Crippen molar-refractivity contribution in [1.82, 2.24) is 20.4 Å². The molecule has 2 amide bonds. The minimum absolute atomic E-state index is 0.0504. The Morgan fingerprint density at radius 3 is 1.58 bits per heavy atom. The van der Waals surface area contributed by atoms with Crippen LogP contribution in [0, 0.1) is 34.5 Å². The number of carbonyl (C=O) groups excluding carboxylic acids is 2. The monoisotopic (exact) mass is 1040 g/mol. The molecule has 1 heterocycles. The molecule has 10 unspecified atom stereocenters. The maximum absolute atomic E-state index is 13.3. The van der Waals surface area contributed by atoms with E-state index in [9.17, 15) is 30.0 Å². The molecule has 10 atom stereocenters. The third kappa shape index (κ3) is 35.6. The van der Waals surface area contributed by atoms with Gasteiger partial charge in [0.25, 0.3) is 0 Å². The summed E-state index contributed by atoms with van der Waals surface area (Å²) in [6.45, 7) is 29.0. The highest BCUT2D eigenvalue weighted by Gasteiger charge is 2.33. The van der Waals surface area contributed by atoms with E-state index in [2.05, 4.69) is 180 Å². The van der Waals surface area contributed by atoms with Crippen molar-refractivity contribution >= 4 is 29.0 Å². The molecule has 1 fully saturated rings. The second kappa shape index (κ2) is 38.9. The molecule has 1 aliphatic heterocycles. The number of hydrogen-bond donors (Lipinski definition) is 6. The first kappa shape index (κ1) is 67.5. The topological polar surface area (TPSA) is 146 Å². The van der Waals surface area contributed by atoms with E-state index in [0.29, 0.717) is 76.8 Å². The molecule has 1 saturated heterocycles. The van der Waals surface area contributed by atoms with E-state index in [1.807, 2.05) is 19.9 Å². The van der Waals surface area contributed by atoms with Gasteiger partial charge >= 0.3 is 0 Å². The van der Waals surface area contributed by atoms with Gasteiger partial charge in [-0.2, -0.15) is 0 Å². The van der Waals surface area contributed by atoms with E-state index in [0.717, 1.165) is 51.4 Å². The highest BCUT2D eigenvalue weighted by Crippen LogP contribution is 2.28. The molecule has 72 heavy (non-hydrogen) atoms. The quantitative estimate of drug-likeness (QED) is 0.0203. The van der Waals surface area contributed by atoms with Crippen molar-refractivity contribution in [2.45, 2.75) is 196 Å². The SMILES string of the molecule is C/C=C\C/C=C\CC(C)C(O)CN(CCCCC1NC(=O)C(CCCCN(CC(O)P/C=C\C/C=C\C(C)(C)C)CC(O)P/C=C\C/C=C\C(C)(C)CC(C)C)NC1=O)CC(O)C(C)/C=C\C/C=C\C(C)C. The minimum atomic E-state index is -0.604. The summed E-state index contributed by atoms with van der Waals surface area (Å²) in [7, 11) is 0.491. The molecule has 12 heteroatoms. The van der Waals surface area contributed by atoms with Crippen molar-refractivity contribution in [2.75, 3.05) is 39.3 Å². The van der Waals surface area contributed by atoms with E-state index in [4.69, 9.17) is 0 Å². The molecule has 0 radical (unpaired) electrons. The summed E-state index contributed by atoms with van der Waals surface area (Å²) in [6.07, 6.45) is 38.0. The first-order chi connectivity index (χ1) is 34.0. The fraction of sp³-hybridized carbons (Fsp3) is 0.700. The average molecular weight is 1040 g/mol. The van der Waals surface area contributed by atoms with Crippen LogP contribution in [0.25, 0.3) is 0 Å². The highest BCUT2D eigenvalue weighted by atomic mass is 31.1. The molecule has 412 valence electrons. The van der Waals surface area contributed by atoms with Gasteiger partial charge in [-0.1, -0.05) is 190 Å². The Bertz CT molecular complexity index is 1700. The zero-order valence-corrected chi connectivity index (χ0v) is 49.2. The van der Waals surface area contributed by atoms with Crippen LogP contribution in [-0.2, 0) is 9.59 Å². The zero-order valence-electron chi connectivity index (χ0n) is 47.2. The number of nitrogens with zero attached hydrogens (tertiary/aromatic N) is 2. The van der Waals surface area contributed by atoms with Crippen molar-refractivity contribution < 1.29 is 30.0 Å². The molecule has 0 aromatic carbocycles. The average Bonchev–Trinajstić information content (AvgIpc) is 3.28. The van der Waals surface area contributed by atoms with Crippen LogP contribution >= 0.6 is 17.2 Å². The van der Waals surface area contributed by atoms with Gasteiger partial charge < -0.3 is 31.1 Å². The summed E-state index contributed by atoms with van der Waals surface area (Å²) in [4.78, 5) is 30.9. The zero-order chi connectivity index (χ0) is 54.0. The Balaban J connectivity index is 2.82. The largest absolute Gasteiger partial charge is 0.392 e. The second-order valence-electron chi connectivity index (χ2n) is 22.9. The van der Waals surface area contributed by atoms with Crippen LogP contribution in [0.5, 0.6) is 0 Å². The van der Waals surface area contributed by atoms with Crippen LogP contribution in [0.1, 0.15) is 160 Å². The van der Waals surface area contributed by atoms with Crippen molar-refractivity contribution in [3.05, 3.63) is 96.7 Å². The molecule has 0 aromatic rings. The maximum atomic E-state index is 13.3. The van der Waals surface area contributed by atoms with E-state index in [1.165, 1.54) is 0 Å². The van der Waals surface area contributed by atoms with E-state index >= 15 is 0 Å². The molecule has 0 saturated carbocycles. The predicted octanol–water partition coefficient (Wildman–Crippen LogP) is 12.0. The number of aliphatic hydroxyl groups is 4. The van der Waals surface area contributed by atoms with Gasteiger partial charge in [-0.05, 0) is 126 Å². The fourth-order valence-corrected chi connectivity index (χ4v) is 10.4. The molecule has 10 nitrogen and oxygen atoms in total. The third-order valence-corrected chi connectivity index (χ3v) is 14.6. The molecular weight excluding hydrogens is 935 g/mol. The molecule has 6 N–H and O–H groups in total. The van der Waals surface area contributed by atoms with Crippen molar-refractivity contribution in [3.63, 3.8) is 0 Å². The Morgan fingerprint density at radius 2 is 1.07 bits per heavy atom. The van der Waals surface area contributed by atoms with E-state index in [1.54, 1.807) is 0 Å². The fourth-order valence-electron chi connectivity index (χ4n) is 8.64. The number of hydrogen-bond acceptors (Lipinski definition) is 8. The van der Waals surface area contributed by atoms with Gasteiger partial charge in [0.15, 0.2) is 0 Å². The Kier molecular flexibility index (Phi) is 36.5. The summed E-state index contributed by atoms with van der Waals surface area (Å²) in [5.74, 6) is 3.85. The summed E-state index contributed by atoms with van der Waals surface area (Å²) in [5.41, 5.74) is 0.296. The molecule has 1 aliphatic rings. The molecule has 1 rings (SSSR count). The Labute approximate surface area is 444 Å². The first-order valence-corrected chi connectivity index (χ1v) is 29.9. The van der Waals surface area contributed by atoms with Crippen LogP contribution in [0.4, 0.5) is 0 Å². The van der Waals surface area contributed by atoms with Crippen molar-refractivity contribution in [2.24, 2.45) is 34.5 Å². The van der Waals surface area contributed by atoms with Crippen LogP contribution in [0.3, 0.4) is 0 Å². The maximum Gasteiger partial charge on any atom is 0.243 e. The lowest BCUT2D eigenvalue weighted by molar-refractivity contribution is -0.137. The number of unbranched alkanes of at least 4 members (excludes halogenated alkanes) is 2. The molecule has 0 bridgehead atoms. The predicted molar refractivity (Wildman–Crippen MR) is 313 cm³/mol. The lowest BCUT2D eigenvalue weighted by atomic mass is 9.83. The number of aliphatic hydroxyl groups excluding tert-OH is 4. The highest BCUT2D eigenvalue weighted by molar-refractivity contribution is 7.42. The summed E-state index contributed by atoms with van der Waals surface area (Å²) in [6, 6.07) is -1.21. The minimum Gasteiger partial charge on any atom is -0.392 e. The Morgan fingerprint density at radius 1 is 0.583 bits per heavy atom. The lowest BCUT2D eigenvalue weighted by Gasteiger charge is -2.31. The van der Waals surface area contributed by atoms with Gasteiger partial charge in [0.05, 0.1) is 23.9 Å². The van der Waals surface area contributed by atoms with Crippen molar-refractivity contribution in [3.8, 4) is 0 Å². The number of piperazine rings is 1. The number of carbonyl (C=O) groups is 2. The number of rotatable bonds is 39. The normalized spacial score (nSPS) is 19.7. The van der Waals surface area contributed by atoms with Crippen LogP contribution in [0.15, 0.2) is 96.7 Å². The number of amides is 2. The van der Waals surface area contributed by atoms with Gasteiger partial charge in [0, 0.05) is 32.1 Å². The summed E-state index contributed by atoms with van der Waals surface area (Å²) >= 11 is 0. The van der Waals surface area contributed by atoms with Gasteiger partial charge in [-0.25, -0.2) is 0 Å². The lowest BCUT2D eigenvalue weighted by Crippen LogP contribution is -2.61. The summed E-state index contributed by atoms with van der Waals surface area (Å²) in [5, 5.41) is 50.6. The summed E-state index contributed by atoms with van der Waals surface area (Å²) < 4.78 is 0. The standard InChI is InChI=1S/C60H106N4O6P2/c1-13-14-15-16-21-32-49(6)53(65)43-63(44-54(66)50(7)33-22-17-20-31-47(2)3)38-27-23-34-51-57(69)62-52(58(70)61-51)35-24-28-39-64(45-55(67)71-40-29-18-25-36-59(8,9)10)46-56(68)72-41-30-19-26-37-60(11,12)42-48(4)5/h13-14,16,20-22,25-26,29-31,33,36-37,40-41,47-56,65-68,71-72H,15,17-19,23-24,27-28,32,34-35,38-39,42-46H2,1-12H3,(H,61,70)(H,62,69)/b14-13-,21-16-,31-20-,33-22-,36-25-,37-26-,40-29-,41-30-.